The van der Waals surface area contributed by atoms with Crippen molar-refractivity contribution in [1.29, 1.82) is 0 Å². The standard InChI is InChI=1S/C31H32N4O/c1-2-4-26(5-3-1)29-21-32-20-27(29)18-25-10-12-28-30(33-34-31(28)19-25)13-11-23-6-8-24(9-7-23)22-35-14-16-36-17-15-35/h1-13,18-19,29,32H,14-17,20-22H2,(H,33,34)/b13-11+,27-18-. The maximum atomic E-state index is 5.45. The van der Waals surface area contributed by atoms with Gasteiger partial charge in [0.05, 0.1) is 24.4 Å². The minimum absolute atomic E-state index is 0.433. The molecule has 1 atom stereocenters. The van der Waals surface area contributed by atoms with Crippen molar-refractivity contribution in [3.05, 3.63) is 106 Å². The van der Waals surface area contributed by atoms with Gasteiger partial charge in [-0.2, -0.15) is 5.10 Å². The topological polar surface area (TPSA) is 53.2 Å². The zero-order valence-electron chi connectivity index (χ0n) is 20.5. The molecule has 0 radical (unpaired) electrons. The van der Waals surface area contributed by atoms with Crippen LogP contribution in [0.2, 0.25) is 0 Å². The molecule has 4 aromatic rings. The van der Waals surface area contributed by atoms with E-state index < -0.39 is 0 Å². The summed E-state index contributed by atoms with van der Waals surface area (Å²) in [5, 5.41) is 12.5. The minimum Gasteiger partial charge on any atom is -0.379 e. The highest BCUT2D eigenvalue weighted by molar-refractivity contribution is 5.90. The number of aromatic amines is 1. The molecule has 0 bridgehead atoms. The second kappa shape index (κ2) is 10.6. The van der Waals surface area contributed by atoms with Crippen LogP contribution in [0.15, 0.2) is 78.4 Å². The Bertz CT molecular complexity index is 1360. The number of hydrogen-bond acceptors (Lipinski definition) is 4. The summed E-state index contributed by atoms with van der Waals surface area (Å²) < 4.78 is 5.45. The minimum atomic E-state index is 0.433. The van der Waals surface area contributed by atoms with E-state index in [2.05, 4.69) is 111 Å². The third-order valence-electron chi connectivity index (χ3n) is 7.22. The number of nitrogens with zero attached hydrogens (tertiary/aromatic N) is 2. The van der Waals surface area contributed by atoms with Crippen LogP contribution in [0.1, 0.15) is 33.9 Å². The maximum absolute atomic E-state index is 5.45. The molecule has 0 aliphatic carbocycles. The summed E-state index contributed by atoms with van der Waals surface area (Å²) in [6.45, 7) is 6.60. The first-order chi connectivity index (χ1) is 17.8. The Labute approximate surface area is 212 Å². The number of ether oxygens (including phenoxy) is 1. The van der Waals surface area contributed by atoms with E-state index in [1.807, 2.05) is 0 Å². The fourth-order valence-corrected chi connectivity index (χ4v) is 5.20. The van der Waals surface area contributed by atoms with Crippen molar-refractivity contribution in [2.45, 2.75) is 12.5 Å². The number of rotatable bonds is 6. The molecule has 0 saturated carbocycles. The highest BCUT2D eigenvalue weighted by Crippen LogP contribution is 2.30. The first kappa shape index (κ1) is 22.9. The van der Waals surface area contributed by atoms with E-state index in [0.29, 0.717) is 5.92 Å². The van der Waals surface area contributed by atoms with E-state index in [4.69, 9.17) is 4.74 Å². The molecule has 2 N–H and O–H groups in total. The number of nitrogens with one attached hydrogen (secondary N) is 2. The average Bonchev–Trinajstić information content (AvgIpc) is 3.56. The smallest absolute Gasteiger partial charge is 0.0927 e. The Balaban J connectivity index is 1.15. The lowest BCUT2D eigenvalue weighted by Crippen LogP contribution is -2.35. The van der Waals surface area contributed by atoms with Crippen molar-refractivity contribution in [3.8, 4) is 0 Å². The van der Waals surface area contributed by atoms with Crippen LogP contribution in [0, 0.1) is 0 Å². The third-order valence-corrected chi connectivity index (χ3v) is 7.22. The zero-order valence-corrected chi connectivity index (χ0v) is 20.5. The third kappa shape index (κ3) is 5.19. The monoisotopic (exact) mass is 476 g/mol. The van der Waals surface area contributed by atoms with Gasteiger partial charge >= 0.3 is 0 Å². The van der Waals surface area contributed by atoms with Gasteiger partial charge in [-0.25, -0.2) is 0 Å². The van der Waals surface area contributed by atoms with Gasteiger partial charge in [0.15, 0.2) is 0 Å². The molecule has 3 heterocycles. The lowest BCUT2D eigenvalue weighted by atomic mass is 9.92. The van der Waals surface area contributed by atoms with Crippen molar-refractivity contribution in [1.82, 2.24) is 20.4 Å². The second-order valence-corrected chi connectivity index (χ2v) is 9.69. The molecule has 5 heteroatoms. The van der Waals surface area contributed by atoms with Crippen molar-refractivity contribution in [2.75, 3.05) is 39.4 Å². The Kier molecular flexibility index (Phi) is 6.77. The van der Waals surface area contributed by atoms with Gasteiger partial charge in [0.2, 0.25) is 0 Å². The molecule has 2 aliphatic heterocycles. The Morgan fingerprint density at radius 3 is 2.56 bits per heavy atom. The highest BCUT2D eigenvalue weighted by atomic mass is 16.5. The molecule has 1 unspecified atom stereocenters. The van der Waals surface area contributed by atoms with Crippen LogP contribution in [0.5, 0.6) is 0 Å². The van der Waals surface area contributed by atoms with E-state index in [9.17, 15) is 0 Å². The normalized spacial score (nSPS) is 20.1. The largest absolute Gasteiger partial charge is 0.379 e. The van der Waals surface area contributed by atoms with E-state index >= 15 is 0 Å². The molecule has 2 fully saturated rings. The van der Waals surface area contributed by atoms with Crippen LogP contribution < -0.4 is 5.32 Å². The summed E-state index contributed by atoms with van der Waals surface area (Å²) in [6, 6.07) is 26.2. The molecule has 2 saturated heterocycles. The van der Waals surface area contributed by atoms with Crippen LogP contribution in [-0.4, -0.2) is 54.5 Å². The fraction of sp³-hybridized carbons (Fsp3) is 0.258. The van der Waals surface area contributed by atoms with Crippen LogP contribution in [0.4, 0.5) is 0 Å². The average molecular weight is 477 g/mol. The fourth-order valence-electron chi connectivity index (χ4n) is 5.20. The summed E-state index contributed by atoms with van der Waals surface area (Å²) in [6.07, 6.45) is 6.56. The Hall–Kier alpha value is -3.51. The Morgan fingerprint density at radius 2 is 1.72 bits per heavy atom. The van der Waals surface area contributed by atoms with Gasteiger partial charge in [0, 0.05) is 44.0 Å². The number of morpholine rings is 1. The first-order valence-electron chi connectivity index (χ1n) is 12.8. The van der Waals surface area contributed by atoms with Gasteiger partial charge in [-0.05, 0) is 46.0 Å². The molecule has 182 valence electrons. The van der Waals surface area contributed by atoms with Gasteiger partial charge in [0.1, 0.15) is 0 Å². The molecule has 1 aromatic heterocycles. The van der Waals surface area contributed by atoms with E-state index in [1.165, 1.54) is 27.8 Å². The van der Waals surface area contributed by atoms with Crippen LogP contribution in [0.25, 0.3) is 29.1 Å². The molecule has 5 nitrogen and oxygen atoms in total. The van der Waals surface area contributed by atoms with E-state index in [-0.39, 0.29) is 0 Å². The van der Waals surface area contributed by atoms with Crippen LogP contribution in [-0.2, 0) is 11.3 Å². The molecule has 6 rings (SSSR count). The van der Waals surface area contributed by atoms with Gasteiger partial charge in [0.25, 0.3) is 0 Å². The predicted molar refractivity (Wildman–Crippen MR) is 148 cm³/mol. The summed E-state index contributed by atoms with van der Waals surface area (Å²) in [4.78, 5) is 2.44. The van der Waals surface area contributed by atoms with Crippen molar-refractivity contribution >= 4 is 29.1 Å². The van der Waals surface area contributed by atoms with Crippen LogP contribution in [0.3, 0.4) is 0 Å². The van der Waals surface area contributed by atoms with Gasteiger partial charge in [-0.1, -0.05) is 72.8 Å². The van der Waals surface area contributed by atoms with Crippen molar-refractivity contribution in [2.24, 2.45) is 0 Å². The lowest BCUT2D eigenvalue weighted by Gasteiger charge is -2.26. The first-order valence-corrected chi connectivity index (χ1v) is 12.8. The Morgan fingerprint density at radius 1 is 0.917 bits per heavy atom. The zero-order chi connectivity index (χ0) is 24.2. The van der Waals surface area contributed by atoms with Gasteiger partial charge < -0.3 is 10.1 Å². The second-order valence-electron chi connectivity index (χ2n) is 9.69. The molecular formula is C31H32N4O. The SMILES string of the molecule is C(=C\c1n[nH]c2cc(/C=C3/CNCC3c3ccccc3)ccc12)/c1ccc(CN2CCOCC2)cc1. The molecule has 3 aromatic carbocycles. The molecular weight excluding hydrogens is 444 g/mol. The molecule has 36 heavy (non-hydrogen) atoms. The van der Waals surface area contributed by atoms with E-state index in [0.717, 1.165) is 62.5 Å². The summed E-state index contributed by atoms with van der Waals surface area (Å²) in [5.41, 5.74) is 8.55. The maximum Gasteiger partial charge on any atom is 0.0927 e. The van der Waals surface area contributed by atoms with Crippen molar-refractivity contribution in [3.63, 3.8) is 0 Å². The van der Waals surface area contributed by atoms with E-state index in [1.54, 1.807) is 0 Å². The number of fused-ring (bicyclic) bond motifs is 1. The van der Waals surface area contributed by atoms with Gasteiger partial charge in [-0.3, -0.25) is 10.00 Å². The highest BCUT2D eigenvalue weighted by Gasteiger charge is 2.22. The molecule has 0 amide bonds. The number of hydrogen-bond donors (Lipinski definition) is 2. The van der Waals surface area contributed by atoms with Crippen LogP contribution >= 0.6 is 0 Å². The van der Waals surface area contributed by atoms with Gasteiger partial charge in [-0.15, -0.1) is 0 Å². The number of benzene rings is 3. The molecule has 0 spiro atoms. The predicted octanol–water partition coefficient (Wildman–Crippen LogP) is 5.34. The van der Waals surface area contributed by atoms with Crippen molar-refractivity contribution < 1.29 is 4.74 Å². The number of aromatic nitrogens is 2. The summed E-state index contributed by atoms with van der Waals surface area (Å²) >= 11 is 0. The molecule has 2 aliphatic rings. The quantitative estimate of drug-likeness (QED) is 0.395. The summed E-state index contributed by atoms with van der Waals surface area (Å²) in [7, 11) is 0. The lowest BCUT2D eigenvalue weighted by molar-refractivity contribution is 0.0342. The number of H-pyrrole nitrogens is 1. The summed E-state index contributed by atoms with van der Waals surface area (Å²) in [5.74, 6) is 0.433.